The summed E-state index contributed by atoms with van der Waals surface area (Å²) < 4.78 is 41.7. The number of esters is 1. The second-order valence-corrected chi connectivity index (χ2v) is 4.68. The highest BCUT2D eigenvalue weighted by atomic mass is 19.4. The molecule has 0 bridgehead atoms. The number of rotatable bonds is 7. The van der Waals surface area contributed by atoms with Gasteiger partial charge in [0.05, 0.1) is 18.9 Å². The van der Waals surface area contributed by atoms with Crippen LogP contribution in [0, 0.1) is 11.8 Å². The van der Waals surface area contributed by atoms with E-state index in [1.54, 1.807) is 0 Å². The molecule has 0 aliphatic heterocycles. The van der Waals surface area contributed by atoms with Gasteiger partial charge in [-0.2, -0.15) is 13.2 Å². The summed E-state index contributed by atoms with van der Waals surface area (Å²) in [6.45, 7) is 5.75. The van der Waals surface area contributed by atoms with E-state index in [0.29, 0.717) is 6.42 Å². The van der Waals surface area contributed by atoms with Crippen LogP contribution in [0.15, 0.2) is 0 Å². The summed E-state index contributed by atoms with van der Waals surface area (Å²) in [5.74, 6) is -1.63. The first-order valence-electron chi connectivity index (χ1n) is 5.99. The maximum atomic E-state index is 12.3. The molecule has 17 heavy (non-hydrogen) atoms. The number of alkyl halides is 3. The molecule has 2 nitrogen and oxygen atoms in total. The van der Waals surface area contributed by atoms with Crippen LogP contribution in [0.3, 0.4) is 0 Å². The van der Waals surface area contributed by atoms with Crippen molar-refractivity contribution in [3.05, 3.63) is 0 Å². The lowest BCUT2D eigenvalue weighted by Crippen LogP contribution is -2.25. The van der Waals surface area contributed by atoms with Gasteiger partial charge in [-0.3, -0.25) is 4.79 Å². The Balaban J connectivity index is 4.29. The van der Waals surface area contributed by atoms with Gasteiger partial charge in [-0.15, -0.1) is 0 Å². The second kappa shape index (κ2) is 7.56. The Bertz CT molecular complexity index is 224. The molecule has 0 fully saturated rings. The van der Waals surface area contributed by atoms with E-state index in [1.165, 1.54) is 0 Å². The molecule has 0 saturated heterocycles. The van der Waals surface area contributed by atoms with Gasteiger partial charge in [0.2, 0.25) is 0 Å². The maximum absolute atomic E-state index is 12.3. The van der Waals surface area contributed by atoms with E-state index in [2.05, 4.69) is 0 Å². The van der Waals surface area contributed by atoms with Crippen LogP contribution in [0.4, 0.5) is 13.2 Å². The van der Waals surface area contributed by atoms with E-state index in [-0.39, 0.29) is 18.9 Å². The molecule has 0 aromatic rings. The van der Waals surface area contributed by atoms with Crippen LogP contribution in [-0.2, 0) is 9.53 Å². The van der Waals surface area contributed by atoms with Crippen LogP contribution in [0.5, 0.6) is 0 Å². The van der Waals surface area contributed by atoms with Crippen LogP contribution >= 0.6 is 0 Å². The molecule has 0 radical (unpaired) electrons. The van der Waals surface area contributed by atoms with Gasteiger partial charge in [0.25, 0.3) is 0 Å². The standard InChI is InChI=1S/C12H21F3O2/c1-4-5-6-10(7-12(13,14)15)11(16)17-8-9(2)3/h9-10H,4-8H2,1-3H3. The number of carbonyl (C=O) groups excluding carboxylic acids is 1. The largest absolute Gasteiger partial charge is 0.465 e. The number of unbranched alkanes of at least 4 members (excludes halogenated alkanes) is 1. The molecule has 0 aliphatic rings. The predicted molar refractivity (Wildman–Crippen MR) is 59.5 cm³/mol. The third-order valence-corrected chi connectivity index (χ3v) is 2.28. The number of carbonyl (C=O) groups is 1. The zero-order chi connectivity index (χ0) is 13.5. The van der Waals surface area contributed by atoms with E-state index >= 15 is 0 Å². The molecule has 0 aliphatic carbocycles. The summed E-state index contributed by atoms with van der Waals surface area (Å²) in [4.78, 5) is 11.5. The van der Waals surface area contributed by atoms with Crippen molar-refractivity contribution in [2.45, 2.75) is 52.6 Å². The van der Waals surface area contributed by atoms with Gasteiger partial charge in [-0.1, -0.05) is 33.6 Å². The number of halogens is 3. The van der Waals surface area contributed by atoms with Crippen molar-refractivity contribution in [2.75, 3.05) is 6.61 Å². The zero-order valence-corrected chi connectivity index (χ0v) is 10.6. The topological polar surface area (TPSA) is 26.3 Å². The normalized spacial score (nSPS) is 13.8. The van der Waals surface area contributed by atoms with Crippen molar-refractivity contribution < 1.29 is 22.7 Å². The van der Waals surface area contributed by atoms with Gasteiger partial charge in [-0.25, -0.2) is 0 Å². The molecular weight excluding hydrogens is 233 g/mol. The lowest BCUT2D eigenvalue weighted by molar-refractivity contribution is -0.169. The van der Waals surface area contributed by atoms with Crippen LogP contribution in [0.2, 0.25) is 0 Å². The Kier molecular flexibility index (Phi) is 7.23. The fourth-order valence-electron chi connectivity index (χ4n) is 1.40. The minimum absolute atomic E-state index is 0.136. The van der Waals surface area contributed by atoms with Crippen molar-refractivity contribution in [2.24, 2.45) is 11.8 Å². The van der Waals surface area contributed by atoms with Gasteiger partial charge < -0.3 is 4.74 Å². The fraction of sp³-hybridized carbons (Fsp3) is 0.917. The van der Waals surface area contributed by atoms with Crippen LogP contribution in [0.1, 0.15) is 46.5 Å². The molecule has 0 aromatic carbocycles. The Morgan fingerprint density at radius 3 is 2.29 bits per heavy atom. The Hall–Kier alpha value is -0.740. The molecule has 0 amide bonds. The van der Waals surface area contributed by atoms with E-state index in [9.17, 15) is 18.0 Å². The SMILES string of the molecule is CCCCC(CC(F)(F)F)C(=O)OCC(C)C. The third-order valence-electron chi connectivity index (χ3n) is 2.28. The van der Waals surface area contributed by atoms with Gasteiger partial charge in [0, 0.05) is 0 Å². The van der Waals surface area contributed by atoms with Gasteiger partial charge in [0.1, 0.15) is 0 Å². The molecule has 0 N–H and O–H groups in total. The number of hydrogen-bond acceptors (Lipinski definition) is 2. The first-order chi connectivity index (χ1) is 7.76. The lowest BCUT2D eigenvalue weighted by atomic mass is 9.98. The number of hydrogen-bond donors (Lipinski definition) is 0. The highest BCUT2D eigenvalue weighted by Gasteiger charge is 2.35. The summed E-state index contributed by atoms with van der Waals surface area (Å²) in [6.07, 6.45) is -3.77. The number of ether oxygens (including phenoxy) is 1. The highest BCUT2D eigenvalue weighted by Crippen LogP contribution is 2.28. The predicted octanol–water partition coefficient (Wildman–Crippen LogP) is 3.94. The van der Waals surface area contributed by atoms with Crippen molar-refractivity contribution >= 4 is 5.97 Å². The fourth-order valence-corrected chi connectivity index (χ4v) is 1.40. The smallest absolute Gasteiger partial charge is 0.389 e. The van der Waals surface area contributed by atoms with E-state index in [1.807, 2.05) is 20.8 Å². The van der Waals surface area contributed by atoms with Crippen molar-refractivity contribution in [1.29, 1.82) is 0 Å². The minimum atomic E-state index is -4.31. The van der Waals surface area contributed by atoms with E-state index in [4.69, 9.17) is 4.74 Å². The highest BCUT2D eigenvalue weighted by molar-refractivity contribution is 5.72. The molecule has 0 rings (SSSR count). The Morgan fingerprint density at radius 2 is 1.88 bits per heavy atom. The molecular formula is C12H21F3O2. The average Bonchev–Trinajstić information content (AvgIpc) is 2.19. The van der Waals surface area contributed by atoms with Gasteiger partial charge in [-0.05, 0) is 12.3 Å². The monoisotopic (exact) mass is 254 g/mol. The molecule has 0 aromatic heterocycles. The molecule has 1 unspecified atom stereocenters. The van der Waals surface area contributed by atoms with Crippen LogP contribution in [0.25, 0.3) is 0 Å². The van der Waals surface area contributed by atoms with Crippen molar-refractivity contribution in [1.82, 2.24) is 0 Å². The summed E-state index contributed by atoms with van der Waals surface area (Å²) >= 11 is 0. The minimum Gasteiger partial charge on any atom is -0.465 e. The van der Waals surface area contributed by atoms with E-state index < -0.39 is 24.5 Å². The maximum Gasteiger partial charge on any atom is 0.389 e. The third kappa shape index (κ3) is 9.01. The molecule has 102 valence electrons. The first kappa shape index (κ1) is 16.3. The lowest BCUT2D eigenvalue weighted by Gasteiger charge is -2.18. The van der Waals surface area contributed by atoms with Crippen LogP contribution in [-0.4, -0.2) is 18.8 Å². The molecule has 0 heterocycles. The van der Waals surface area contributed by atoms with Crippen molar-refractivity contribution in [3.8, 4) is 0 Å². The molecule has 0 spiro atoms. The molecule has 5 heteroatoms. The Labute approximate surface area is 101 Å². The average molecular weight is 254 g/mol. The van der Waals surface area contributed by atoms with Gasteiger partial charge >= 0.3 is 12.1 Å². The quantitative estimate of drug-likeness (QED) is 0.643. The molecule has 0 saturated carbocycles. The Morgan fingerprint density at radius 1 is 1.29 bits per heavy atom. The second-order valence-electron chi connectivity index (χ2n) is 4.68. The summed E-state index contributed by atoms with van der Waals surface area (Å²) in [5, 5.41) is 0. The van der Waals surface area contributed by atoms with Gasteiger partial charge in [0.15, 0.2) is 0 Å². The zero-order valence-electron chi connectivity index (χ0n) is 10.6. The van der Waals surface area contributed by atoms with E-state index in [0.717, 1.165) is 6.42 Å². The first-order valence-corrected chi connectivity index (χ1v) is 5.99. The summed E-state index contributed by atoms with van der Waals surface area (Å²) in [6, 6.07) is 0. The molecule has 1 atom stereocenters. The van der Waals surface area contributed by atoms with Crippen LogP contribution < -0.4 is 0 Å². The van der Waals surface area contributed by atoms with Crippen molar-refractivity contribution in [3.63, 3.8) is 0 Å². The summed E-state index contributed by atoms with van der Waals surface area (Å²) in [7, 11) is 0. The summed E-state index contributed by atoms with van der Waals surface area (Å²) in [5.41, 5.74) is 0.